The van der Waals surface area contributed by atoms with Gasteiger partial charge in [0.25, 0.3) is 0 Å². The molecule has 1 saturated carbocycles. The van der Waals surface area contributed by atoms with Crippen LogP contribution in [0.15, 0.2) is 0 Å². The fraction of sp³-hybridized carbons (Fsp3) is 0.917. The molecule has 1 aliphatic carbocycles. The molecule has 2 fully saturated rings. The van der Waals surface area contributed by atoms with Crippen LogP contribution in [0.5, 0.6) is 0 Å². The zero-order valence-corrected chi connectivity index (χ0v) is 9.73. The van der Waals surface area contributed by atoms with Crippen LogP contribution >= 0.6 is 0 Å². The molecule has 0 aromatic carbocycles. The monoisotopic (exact) mass is 212 g/mol. The molecule has 1 aliphatic heterocycles. The molecule has 3 nitrogen and oxygen atoms in total. The van der Waals surface area contributed by atoms with E-state index in [0.717, 1.165) is 12.8 Å². The molecule has 0 unspecified atom stereocenters. The largest absolute Gasteiger partial charge is 0.435 e. The number of rotatable bonds is 2. The highest BCUT2D eigenvalue weighted by atomic mass is 16.7. The standard InChI is InChI=1S/C12H20O3/c1-4-14-12-8(3)9-6-5-7(2)10(9)11(13)15-12/h7-10,12H,4-6H2,1-3H3/t7-,8-,9+,10-,12-/m0/s1. The van der Waals surface area contributed by atoms with Gasteiger partial charge in [-0.05, 0) is 31.6 Å². The highest BCUT2D eigenvalue weighted by molar-refractivity contribution is 5.74. The minimum Gasteiger partial charge on any atom is -0.435 e. The molecule has 2 rings (SSSR count). The van der Waals surface area contributed by atoms with Crippen LogP contribution in [0.25, 0.3) is 0 Å². The van der Waals surface area contributed by atoms with E-state index in [-0.39, 0.29) is 18.2 Å². The van der Waals surface area contributed by atoms with Gasteiger partial charge in [-0.2, -0.15) is 0 Å². The van der Waals surface area contributed by atoms with Gasteiger partial charge in [-0.15, -0.1) is 0 Å². The van der Waals surface area contributed by atoms with Gasteiger partial charge in [0.15, 0.2) is 0 Å². The lowest BCUT2D eigenvalue weighted by atomic mass is 9.80. The molecule has 0 amide bonds. The Hall–Kier alpha value is -0.570. The Morgan fingerprint density at radius 1 is 1.40 bits per heavy atom. The molecule has 3 heteroatoms. The predicted molar refractivity (Wildman–Crippen MR) is 56.0 cm³/mol. The molecule has 0 bridgehead atoms. The SMILES string of the molecule is CCO[C@H]1OC(=O)[C@@H]2[C@H](CC[C@@H]2C)[C@@H]1C. The van der Waals surface area contributed by atoms with Gasteiger partial charge in [0.05, 0.1) is 5.92 Å². The van der Waals surface area contributed by atoms with E-state index >= 15 is 0 Å². The van der Waals surface area contributed by atoms with Gasteiger partial charge < -0.3 is 9.47 Å². The number of carbonyl (C=O) groups excluding carboxylic acids is 1. The van der Waals surface area contributed by atoms with Crippen LogP contribution in [0.3, 0.4) is 0 Å². The highest BCUT2D eigenvalue weighted by Crippen LogP contribution is 2.46. The number of esters is 1. The minimum absolute atomic E-state index is 0.0402. The quantitative estimate of drug-likeness (QED) is 0.658. The molecular weight excluding hydrogens is 192 g/mol. The van der Waals surface area contributed by atoms with Gasteiger partial charge in [0.1, 0.15) is 0 Å². The van der Waals surface area contributed by atoms with Gasteiger partial charge in [-0.1, -0.05) is 13.8 Å². The lowest BCUT2D eigenvalue weighted by Crippen LogP contribution is -2.44. The summed E-state index contributed by atoms with van der Waals surface area (Å²) in [6, 6.07) is 0. The number of cyclic esters (lactones) is 1. The number of fused-ring (bicyclic) bond motifs is 1. The van der Waals surface area contributed by atoms with Crippen molar-refractivity contribution in [2.24, 2.45) is 23.7 Å². The van der Waals surface area contributed by atoms with Crippen molar-refractivity contribution in [1.29, 1.82) is 0 Å². The average Bonchev–Trinajstić information content (AvgIpc) is 2.57. The van der Waals surface area contributed by atoms with Crippen molar-refractivity contribution >= 4 is 5.97 Å². The summed E-state index contributed by atoms with van der Waals surface area (Å²) in [5.74, 6) is 1.38. The van der Waals surface area contributed by atoms with Crippen LogP contribution in [0, 0.1) is 23.7 Å². The normalized spacial score (nSPS) is 45.0. The summed E-state index contributed by atoms with van der Waals surface area (Å²) in [6.45, 7) is 6.83. The molecule has 86 valence electrons. The molecule has 15 heavy (non-hydrogen) atoms. The first-order valence-corrected chi connectivity index (χ1v) is 5.97. The van der Waals surface area contributed by atoms with E-state index < -0.39 is 0 Å². The molecule has 0 spiro atoms. The average molecular weight is 212 g/mol. The fourth-order valence-electron chi connectivity index (χ4n) is 3.09. The third kappa shape index (κ3) is 1.78. The topological polar surface area (TPSA) is 35.5 Å². The molecular formula is C12H20O3. The van der Waals surface area contributed by atoms with Gasteiger partial charge in [-0.25, -0.2) is 0 Å². The lowest BCUT2D eigenvalue weighted by molar-refractivity contribution is -0.218. The third-order valence-corrected chi connectivity index (χ3v) is 3.97. The first-order chi connectivity index (χ1) is 7.15. The zero-order chi connectivity index (χ0) is 11.0. The zero-order valence-electron chi connectivity index (χ0n) is 9.73. The van der Waals surface area contributed by atoms with E-state index in [2.05, 4.69) is 13.8 Å². The van der Waals surface area contributed by atoms with E-state index in [9.17, 15) is 4.79 Å². The second kappa shape index (κ2) is 4.12. The number of hydrogen-bond donors (Lipinski definition) is 0. The molecule has 1 saturated heterocycles. The van der Waals surface area contributed by atoms with Crippen LogP contribution in [0.2, 0.25) is 0 Å². The second-order valence-corrected chi connectivity index (χ2v) is 4.86. The second-order valence-electron chi connectivity index (χ2n) is 4.86. The minimum atomic E-state index is -0.311. The lowest BCUT2D eigenvalue weighted by Gasteiger charge is -2.37. The van der Waals surface area contributed by atoms with E-state index in [4.69, 9.17) is 9.47 Å². The fourth-order valence-corrected chi connectivity index (χ4v) is 3.09. The van der Waals surface area contributed by atoms with Gasteiger partial charge >= 0.3 is 5.97 Å². The van der Waals surface area contributed by atoms with Crippen molar-refractivity contribution < 1.29 is 14.3 Å². The summed E-state index contributed by atoms with van der Waals surface area (Å²) in [7, 11) is 0. The third-order valence-electron chi connectivity index (χ3n) is 3.97. The number of carbonyl (C=O) groups is 1. The Labute approximate surface area is 91.1 Å². The van der Waals surface area contributed by atoms with E-state index in [0.29, 0.717) is 24.4 Å². The van der Waals surface area contributed by atoms with Crippen molar-refractivity contribution in [3.05, 3.63) is 0 Å². The Morgan fingerprint density at radius 2 is 2.13 bits per heavy atom. The van der Waals surface area contributed by atoms with Gasteiger partial charge in [0, 0.05) is 12.5 Å². The Balaban J connectivity index is 2.12. The van der Waals surface area contributed by atoms with Crippen molar-refractivity contribution in [3.63, 3.8) is 0 Å². The van der Waals surface area contributed by atoms with Crippen molar-refractivity contribution in [2.75, 3.05) is 6.61 Å². The predicted octanol–water partition coefficient (Wildman–Crippen LogP) is 2.20. The van der Waals surface area contributed by atoms with Crippen molar-refractivity contribution in [1.82, 2.24) is 0 Å². The maximum absolute atomic E-state index is 11.8. The molecule has 2 aliphatic rings. The maximum Gasteiger partial charge on any atom is 0.311 e. The van der Waals surface area contributed by atoms with Crippen molar-refractivity contribution in [3.8, 4) is 0 Å². The number of ether oxygens (including phenoxy) is 2. The molecule has 0 aromatic rings. The summed E-state index contributed by atoms with van der Waals surface area (Å²) in [4.78, 5) is 11.8. The maximum atomic E-state index is 11.8. The summed E-state index contributed by atoms with van der Waals surface area (Å²) >= 11 is 0. The Morgan fingerprint density at radius 3 is 2.80 bits per heavy atom. The van der Waals surface area contributed by atoms with Crippen LogP contribution in [0.1, 0.15) is 33.6 Å². The molecule has 0 N–H and O–H groups in total. The van der Waals surface area contributed by atoms with Gasteiger partial charge in [0.2, 0.25) is 6.29 Å². The van der Waals surface area contributed by atoms with E-state index in [1.54, 1.807) is 0 Å². The van der Waals surface area contributed by atoms with Crippen LogP contribution in [-0.2, 0) is 14.3 Å². The summed E-state index contributed by atoms with van der Waals surface area (Å²) in [6.07, 6.45) is 1.98. The van der Waals surface area contributed by atoms with Crippen molar-refractivity contribution in [2.45, 2.75) is 39.9 Å². The first-order valence-electron chi connectivity index (χ1n) is 5.97. The smallest absolute Gasteiger partial charge is 0.311 e. The van der Waals surface area contributed by atoms with Crippen LogP contribution < -0.4 is 0 Å². The highest BCUT2D eigenvalue weighted by Gasteiger charge is 2.49. The molecule has 1 heterocycles. The summed E-state index contributed by atoms with van der Waals surface area (Å²) < 4.78 is 10.8. The van der Waals surface area contributed by atoms with Gasteiger partial charge in [-0.3, -0.25) is 4.79 Å². The van der Waals surface area contributed by atoms with E-state index in [1.165, 1.54) is 0 Å². The van der Waals surface area contributed by atoms with Crippen LogP contribution in [-0.4, -0.2) is 18.9 Å². The molecule has 5 atom stereocenters. The summed E-state index contributed by atoms with van der Waals surface area (Å²) in [5, 5.41) is 0. The van der Waals surface area contributed by atoms with E-state index in [1.807, 2.05) is 6.92 Å². The Kier molecular flexibility index (Phi) is 3.01. The summed E-state index contributed by atoms with van der Waals surface area (Å²) in [5.41, 5.74) is 0. The number of hydrogen-bond acceptors (Lipinski definition) is 3. The Bertz CT molecular complexity index is 251. The van der Waals surface area contributed by atoms with Crippen LogP contribution in [0.4, 0.5) is 0 Å². The molecule has 0 aromatic heterocycles. The molecule has 0 radical (unpaired) electrons. The first kappa shape index (κ1) is 10.9.